The largest absolute Gasteiger partial charge is 0.341 e. The standard InChI is InChI=1S/C19H21BrN4O2/c1-9-5-13(10(2)20)15-14(6-9)19(26)23(4)18-16(15)17(21-22-18)12-7-24(8-12)11(3)25/h5-6,10,12H,7-8H2,1-4H3,(H,21,22). The van der Waals surface area contributed by atoms with Gasteiger partial charge in [-0.05, 0) is 31.0 Å². The van der Waals surface area contributed by atoms with Crippen LogP contribution >= 0.6 is 15.9 Å². The predicted octanol–water partition coefficient (Wildman–Crippen LogP) is 3.12. The zero-order chi connectivity index (χ0) is 18.7. The number of hydrogen-bond donors (Lipinski definition) is 1. The van der Waals surface area contributed by atoms with Gasteiger partial charge >= 0.3 is 0 Å². The van der Waals surface area contributed by atoms with Gasteiger partial charge in [0.2, 0.25) is 5.91 Å². The number of aromatic nitrogens is 3. The van der Waals surface area contributed by atoms with Crippen LogP contribution in [0.1, 0.15) is 41.4 Å². The third kappa shape index (κ3) is 2.40. The van der Waals surface area contributed by atoms with E-state index in [0.29, 0.717) is 18.5 Å². The van der Waals surface area contributed by atoms with Crippen LogP contribution in [0.4, 0.5) is 0 Å². The van der Waals surface area contributed by atoms with E-state index in [-0.39, 0.29) is 22.2 Å². The lowest BCUT2D eigenvalue weighted by Gasteiger charge is -2.37. The molecule has 6 nitrogen and oxygen atoms in total. The van der Waals surface area contributed by atoms with Gasteiger partial charge in [-0.3, -0.25) is 19.3 Å². The number of aromatic amines is 1. The maximum Gasteiger partial charge on any atom is 0.259 e. The van der Waals surface area contributed by atoms with Crippen LogP contribution in [-0.2, 0) is 11.8 Å². The number of H-pyrrole nitrogens is 1. The molecule has 1 fully saturated rings. The monoisotopic (exact) mass is 416 g/mol. The first-order valence-electron chi connectivity index (χ1n) is 8.70. The van der Waals surface area contributed by atoms with E-state index in [1.165, 1.54) is 0 Å². The Balaban J connectivity index is 2.05. The minimum Gasteiger partial charge on any atom is -0.341 e. The van der Waals surface area contributed by atoms with E-state index in [1.807, 2.05) is 17.9 Å². The molecule has 0 spiro atoms. The van der Waals surface area contributed by atoms with E-state index in [4.69, 9.17) is 0 Å². The molecule has 1 amide bonds. The molecule has 136 valence electrons. The number of hydrogen-bond acceptors (Lipinski definition) is 3. The van der Waals surface area contributed by atoms with E-state index in [0.717, 1.165) is 33.2 Å². The van der Waals surface area contributed by atoms with Gasteiger partial charge in [0, 0.05) is 54.0 Å². The summed E-state index contributed by atoms with van der Waals surface area (Å²) in [5.41, 5.74) is 3.80. The summed E-state index contributed by atoms with van der Waals surface area (Å²) in [6, 6.07) is 4.08. The molecule has 0 saturated carbocycles. The lowest BCUT2D eigenvalue weighted by Crippen LogP contribution is -2.47. The minimum atomic E-state index is -0.0280. The van der Waals surface area contributed by atoms with E-state index in [1.54, 1.807) is 18.5 Å². The number of carbonyl (C=O) groups is 1. The molecule has 0 bridgehead atoms. The van der Waals surface area contributed by atoms with Crippen LogP contribution in [0.3, 0.4) is 0 Å². The fraction of sp³-hybridized carbons (Fsp3) is 0.421. The second-order valence-electron chi connectivity index (χ2n) is 7.21. The topological polar surface area (TPSA) is 71.0 Å². The molecule has 1 atom stereocenters. The molecule has 0 radical (unpaired) electrons. The number of nitrogens with zero attached hydrogens (tertiary/aromatic N) is 3. The van der Waals surface area contributed by atoms with Gasteiger partial charge in [-0.1, -0.05) is 22.0 Å². The van der Waals surface area contributed by atoms with Crippen molar-refractivity contribution in [1.29, 1.82) is 0 Å². The zero-order valence-corrected chi connectivity index (χ0v) is 16.8. The number of benzene rings is 1. The van der Waals surface area contributed by atoms with Crippen molar-refractivity contribution >= 4 is 43.6 Å². The SMILES string of the molecule is CC(=O)N1CC(c2n[nH]c3c2c2c(C(C)Br)cc(C)cc2c(=O)n3C)C1. The first-order valence-corrected chi connectivity index (χ1v) is 9.62. The molecule has 3 heterocycles. The Morgan fingerprint density at radius 1 is 1.35 bits per heavy atom. The fourth-order valence-corrected chi connectivity index (χ4v) is 4.26. The number of nitrogens with one attached hydrogen (secondary N) is 1. The normalized spacial score (nSPS) is 16.3. The first kappa shape index (κ1) is 17.3. The number of alkyl halides is 1. The number of halogens is 1. The minimum absolute atomic E-state index is 0.0280. The van der Waals surface area contributed by atoms with E-state index in [9.17, 15) is 9.59 Å². The Morgan fingerprint density at radius 2 is 2.04 bits per heavy atom. The van der Waals surface area contributed by atoms with E-state index in [2.05, 4.69) is 39.1 Å². The third-order valence-electron chi connectivity index (χ3n) is 5.35. The summed E-state index contributed by atoms with van der Waals surface area (Å²) < 4.78 is 1.64. The summed E-state index contributed by atoms with van der Waals surface area (Å²) in [6.45, 7) is 7.01. The predicted molar refractivity (Wildman–Crippen MR) is 106 cm³/mol. The van der Waals surface area contributed by atoms with Gasteiger partial charge in [0.25, 0.3) is 5.56 Å². The molecule has 2 aromatic heterocycles. The molecular formula is C19H21BrN4O2. The number of rotatable bonds is 2. The average Bonchev–Trinajstić information content (AvgIpc) is 2.94. The van der Waals surface area contributed by atoms with E-state index < -0.39 is 0 Å². The molecule has 1 aliphatic rings. The lowest BCUT2D eigenvalue weighted by atomic mass is 9.90. The Kier molecular flexibility index (Phi) is 3.95. The Morgan fingerprint density at radius 3 is 2.65 bits per heavy atom. The number of fused-ring (bicyclic) bond motifs is 3. The van der Waals surface area contributed by atoms with Crippen molar-refractivity contribution in [3.63, 3.8) is 0 Å². The summed E-state index contributed by atoms with van der Waals surface area (Å²) in [4.78, 5) is 26.4. The molecule has 26 heavy (non-hydrogen) atoms. The number of pyridine rings is 1. The van der Waals surface area contributed by atoms with Crippen LogP contribution < -0.4 is 5.56 Å². The van der Waals surface area contributed by atoms with Gasteiger partial charge in [-0.25, -0.2) is 0 Å². The summed E-state index contributed by atoms with van der Waals surface area (Å²) in [5, 5.41) is 10.3. The number of amides is 1. The average molecular weight is 417 g/mol. The van der Waals surface area contributed by atoms with Crippen LogP contribution in [0.5, 0.6) is 0 Å². The first-order chi connectivity index (χ1) is 12.3. The molecule has 3 aromatic rings. The summed E-state index contributed by atoms with van der Waals surface area (Å²) >= 11 is 3.68. The number of carbonyl (C=O) groups excluding carboxylic acids is 1. The highest BCUT2D eigenvalue weighted by atomic mass is 79.9. The van der Waals surface area contributed by atoms with Gasteiger partial charge in [0.1, 0.15) is 5.65 Å². The zero-order valence-electron chi connectivity index (χ0n) is 15.3. The molecule has 1 unspecified atom stereocenters. The second kappa shape index (κ2) is 5.94. The van der Waals surface area contributed by atoms with Gasteiger partial charge in [-0.2, -0.15) is 5.10 Å². The van der Waals surface area contributed by atoms with Gasteiger partial charge < -0.3 is 4.90 Å². The highest BCUT2D eigenvalue weighted by molar-refractivity contribution is 9.09. The van der Waals surface area contributed by atoms with Crippen molar-refractivity contribution in [3.05, 3.63) is 39.3 Å². The van der Waals surface area contributed by atoms with Crippen LogP contribution in [0.25, 0.3) is 21.8 Å². The quantitative estimate of drug-likeness (QED) is 0.652. The van der Waals surface area contributed by atoms with Crippen molar-refractivity contribution < 1.29 is 4.79 Å². The second-order valence-corrected chi connectivity index (χ2v) is 8.58. The molecule has 1 aliphatic heterocycles. The number of likely N-dealkylation sites (tertiary alicyclic amines) is 1. The van der Waals surface area contributed by atoms with Crippen LogP contribution in [0.15, 0.2) is 16.9 Å². The maximum atomic E-state index is 12.9. The smallest absolute Gasteiger partial charge is 0.259 e. The highest BCUT2D eigenvalue weighted by Crippen LogP contribution is 2.38. The van der Waals surface area contributed by atoms with Gasteiger partial charge in [0.05, 0.1) is 5.69 Å². The summed E-state index contributed by atoms with van der Waals surface area (Å²) in [7, 11) is 1.77. The Bertz CT molecular complexity index is 1110. The summed E-state index contributed by atoms with van der Waals surface area (Å²) in [6.07, 6.45) is 0. The molecule has 1 N–H and O–H groups in total. The molecule has 1 saturated heterocycles. The van der Waals surface area contributed by atoms with Crippen molar-refractivity contribution in [2.75, 3.05) is 13.1 Å². The van der Waals surface area contributed by atoms with Gasteiger partial charge in [0.15, 0.2) is 0 Å². The van der Waals surface area contributed by atoms with Crippen LogP contribution in [-0.4, -0.2) is 38.7 Å². The van der Waals surface area contributed by atoms with Crippen LogP contribution in [0.2, 0.25) is 0 Å². The summed E-state index contributed by atoms with van der Waals surface area (Å²) in [5.74, 6) is 0.275. The van der Waals surface area contributed by atoms with Crippen molar-refractivity contribution in [3.8, 4) is 0 Å². The molecule has 7 heteroatoms. The van der Waals surface area contributed by atoms with Crippen LogP contribution in [0, 0.1) is 6.92 Å². The molecular weight excluding hydrogens is 396 g/mol. The van der Waals surface area contributed by atoms with E-state index >= 15 is 0 Å². The fourth-order valence-electron chi connectivity index (χ4n) is 3.90. The molecule has 1 aromatic carbocycles. The molecule has 4 rings (SSSR count). The van der Waals surface area contributed by atoms with Crippen molar-refractivity contribution in [1.82, 2.24) is 19.7 Å². The Hall–Kier alpha value is -2.15. The highest BCUT2D eigenvalue weighted by Gasteiger charge is 2.34. The third-order valence-corrected chi connectivity index (χ3v) is 5.84. The maximum absolute atomic E-state index is 12.9. The van der Waals surface area contributed by atoms with Crippen molar-refractivity contribution in [2.24, 2.45) is 7.05 Å². The Labute approximate surface area is 159 Å². The number of aryl methyl sites for hydroxylation is 2. The lowest BCUT2D eigenvalue weighted by molar-refractivity contribution is -0.133. The molecule has 0 aliphatic carbocycles. The van der Waals surface area contributed by atoms with Crippen molar-refractivity contribution in [2.45, 2.75) is 31.5 Å². The van der Waals surface area contributed by atoms with Gasteiger partial charge in [-0.15, -0.1) is 0 Å².